The number of primary amides is 1. The Balaban J connectivity index is 0.000000204. The van der Waals surface area contributed by atoms with Crippen molar-refractivity contribution in [1.82, 2.24) is 0 Å². The van der Waals surface area contributed by atoms with Crippen LogP contribution in [0, 0.1) is 17.5 Å². The van der Waals surface area contributed by atoms with Crippen molar-refractivity contribution in [1.29, 1.82) is 0 Å². The number of amides is 1. The van der Waals surface area contributed by atoms with E-state index in [1.54, 1.807) is 0 Å². The van der Waals surface area contributed by atoms with Crippen LogP contribution in [-0.4, -0.2) is 5.91 Å². The Labute approximate surface area is 113 Å². The van der Waals surface area contributed by atoms with Gasteiger partial charge in [-0.05, 0) is 24.3 Å². The SMILES string of the molecule is NC(=O)c1c(N)cccc1F.Nc1cc(F)cc(F)c1. The molecule has 0 aliphatic heterocycles. The maximum absolute atomic E-state index is 12.7. The lowest BCUT2D eigenvalue weighted by atomic mass is 10.1. The van der Waals surface area contributed by atoms with E-state index in [1.165, 1.54) is 12.1 Å². The van der Waals surface area contributed by atoms with Gasteiger partial charge in [0.1, 0.15) is 17.5 Å². The summed E-state index contributed by atoms with van der Waals surface area (Å²) in [6.45, 7) is 0. The Morgan fingerprint density at radius 1 is 0.950 bits per heavy atom. The summed E-state index contributed by atoms with van der Waals surface area (Å²) in [5.41, 5.74) is 15.1. The van der Waals surface area contributed by atoms with Crippen molar-refractivity contribution in [3.8, 4) is 0 Å². The Hall–Kier alpha value is -2.70. The van der Waals surface area contributed by atoms with E-state index in [9.17, 15) is 18.0 Å². The summed E-state index contributed by atoms with van der Waals surface area (Å²) in [6.07, 6.45) is 0. The highest BCUT2D eigenvalue weighted by Crippen LogP contribution is 2.13. The van der Waals surface area contributed by atoms with Crippen LogP contribution >= 0.6 is 0 Å². The summed E-state index contributed by atoms with van der Waals surface area (Å²) < 4.78 is 36.9. The second kappa shape index (κ2) is 6.46. The largest absolute Gasteiger partial charge is 0.399 e. The van der Waals surface area contributed by atoms with Crippen molar-refractivity contribution in [2.24, 2.45) is 5.73 Å². The van der Waals surface area contributed by atoms with E-state index in [-0.39, 0.29) is 16.9 Å². The van der Waals surface area contributed by atoms with Gasteiger partial charge in [-0.25, -0.2) is 13.2 Å². The fourth-order valence-corrected chi connectivity index (χ4v) is 1.38. The van der Waals surface area contributed by atoms with Crippen molar-refractivity contribution in [2.45, 2.75) is 0 Å². The van der Waals surface area contributed by atoms with Crippen molar-refractivity contribution in [3.05, 3.63) is 59.4 Å². The maximum Gasteiger partial charge on any atom is 0.253 e. The molecular weight excluding hydrogens is 271 g/mol. The number of nitrogens with two attached hydrogens (primary N) is 3. The molecule has 0 aromatic heterocycles. The van der Waals surface area contributed by atoms with Crippen LogP contribution in [0.15, 0.2) is 36.4 Å². The molecular formula is C13H12F3N3O. The molecule has 0 fully saturated rings. The van der Waals surface area contributed by atoms with E-state index in [0.717, 1.165) is 24.3 Å². The van der Waals surface area contributed by atoms with Crippen LogP contribution in [0.4, 0.5) is 24.5 Å². The van der Waals surface area contributed by atoms with E-state index in [0.29, 0.717) is 0 Å². The lowest BCUT2D eigenvalue weighted by Crippen LogP contribution is -2.15. The highest BCUT2D eigenvalue weighted by Gasteiger charge is 2.10. The summed E-state index contributed by atoms with van der Waals surface area (Å²) >= 11 is 0. The minimum Gasteiger partial charge on any atom is -0.399 e. The van der Waals surface area contributed by atoms with Gasteiger partial charge in [0, 0.05) is 17.4 Å². The third-order valence-corrected chi connectivity index (χ3v) is 2.18. The van der Waals surface area contributed by atoms with Crippen LogP contribution in [0.1, 0.15) is 10.4 Å². The normalized spacial score (nSPS) is 9.55. The first-order chi connectivity index (χ1) is 9.31. The Morgan fingerprint density at radius 3 is 1.85 bits per heavy atom. The first-order valence-corrected chi connectivity index (χ1v) is 5.36. The number of halogens is 3. The van der Waals surface area contributed by atoms with Crippen LogP contribution in [0.2, 0.25) is 0 Å². The molecule has 20 heavy (non-hydrogen) atoms. The molecule has 2 rings (SSSR count). The first kappa shape index (κ1) is 15.4. The fourth-order valence-electron chi connectivity index (χ4n) is 1.38. The second-order valence-electron chi connectivity index (χ2n) is 3.77. The highest BCUT2D eigenvalue weighted by molar-refractivity contribution is 5.98. The van der Waals surface area contributed by atoms with Crippen LogP contribution in [-0.2, 0) is 0 Å². The predicted molar refractivity (Wildman–Crippen MR) is 70.1 cm³/mol. The van der Waals surface area contributed by atoms with Gasteiger partial charge in [-0.1, -0.05) is 6.07 Å². The van der Waals surface area contributed by atoms with Gasteiger partial charge in [-0.15, -0.1) is 0 Å². The lowest BCUT2D eigenvalue weighted by Gasteiger charge is -2.00. The number of anilines is 2. The van der Waals surface area contributed by atoms with Gasteiger partial charge >= 0.3 is 0 Å². The van der Waals surface area contributed by atoms with Gasteiger partial charge in [-0.3, -0.25) is 4.79 Å². The molecule has 0 spiro atoms. The molecule has 0 saturated carbocycles. The topological polar surface area (TPSA) is 95.1 Å². The minimum absolute atomic E-state index is 0.0671. The van der Waals surface area contributed by atoms with Crippen molar-refractivity contribution >= 4 is 17.3 Å². The molecule has 106 valence electrons. The monoisotopic (exact) mass is 283 g/mol. The van der Waals surface area contributed by atoms with Gasteiger partial charge in [0.2, 0.25) is 0 Å². The van der Waals surface area contributed by atoms with Gasteiger partial charge in [-0.2, -0.15) is 0 Å². The number of nitrogen functional groups attached to an aromatic ring is 2. The smallest absolute Gasteiger partial charge is 0.253 e. The number of carbonyl (C=O) groups is 1. The van der Waals surface area contributed by atoms with Gasteiger partial charge < -0.3 is 17.2 Å². The number of hydrogen-bond donors (Lipinski definition) is 3. The molecule has 0 bridgehead atoms. The molecule has 0 aliphatic rings. The molecule has 0 radical (unpaired) electrons. The van der Waals surface area contributed by atoms with Crippen molar-refractivity contribution < 1.29 is 18.0 Å². The zero-order valence-corrected chi connectivity index (χ0v) is 10.2. The van der Waals surface area contributed by atoms with Crippen LogP contribution in [0.25, 0.3) is 0 Å². The van der Waals surface area contributed by atoms with Gasteiger partial charge in [0.05, 0.1) is 5.56 Å². The molecule has 0 atom stereocenters. The van der Waals surface area contributed by atoms with E-state index in [1.807, 2.05) is 0 Å². The average molecular weight is 283 g/mol. The zero-order chi connectivity index (χ0) is 15.3. The quantitative estimate of drug-likeness (QED) is 0.699. The highest BCUT2D eigenvalue weighted by atomic mass is 19.1. The average Bonchev–Trinajstić information content (AvgIpc) is 2.26. The molecule has 4 nitrogen and oxygen atoms in total. The molecule has 0 aliphatic carbocycles. The maximum atomic E-state index is 12.7. The Morgan fingerprint density at radius 2 is 1.50 bits per heavy atom. The van der Waals surface area contributed by atoms with E-state index in [4.69, 9.17) is 17.2 Å². The Kier molecular flexibility index (Phi) is 4.96. The minimum atomic E-state index is -0.847. The van der Waals surface area contributed by atoms with E-state index in [2.05, 4.69) is 0 Å². The number of benzene rings is 2. The van der Waals surface area contributed by atoms with Crippen molar-refractivity contribution in [3.63, 3.8) is 0 Å². The summed E-state index contributed by atoms with van der Waals surface area (Å²) in [7, 11) is 0. The zero-order valence-electron chi connectivity index (χ0n) is 10.2. The summed E-state index contributed by atoms with van der Waals surface area (Å²) in [6, 6.07) is 6.86. The Bertz CT molecular complexity index is 562. The number of hydrogen-bond acceptors (Lipinski definition) is 3. The summed E-state index contributed by atoms with van der Waals surface area (Å²) in [5, 5.41) is 0. The second-order valence-corrected chi connectivity index (χ2v) is 3.77. The standard InChI is InChI=1S/C7H7FN2O.C6H5F2N/c8-4-2-1-3-5(9)6(4)7(10)11;7-4-1-5(8)3-6(9)2-4/h1-3H,9H2,(H2,10,11);1-3H,9H2. The molecule has 0 unspecified atom stereocenters. The molecule has 0 saturated heterocycles. The lowest BCUT2D eigenvalue weighted by molar-refractivity contribution is 0.0997. The third kappa shape index (κ3) is 4.20. The molecule has 2 aromatic carbocycles. The molecule has 7 heteroatoms. The predicted octanol–water partition coefficient (Wildman–Crippen LogP) is 2.05. The molecule has 2 aromatic rings. The van der Waals surface area contributed by atoms with Gasteiger partial charge in [0.25, 0.3) is 5.91 Å². The summed E-state index contributed by atoms with van der Waals surface area (Å²) in [5.74, 6) is -2.82. The fraction of sp³-hybridized carbons (Fsp3) is 0. The van der Waals surface area contributed by atoms with Gasteiger partial charge in [0.15, 0.2) is 0 Å². The third-order valence-electron chi connectivity index (χ3n) is 2.18. The molecule has 0 heterocycles. The summed E-state index contributed by atoms with van der Waals surface area (Å²) in [4.78, 5) is 10.5. The van der Waals surface area contributed by atoms with Crippen LogP contribution in [0.5, 0.6) is 0 Å². The molecule has 6 N–H and O–H groups in total. The molecule has 1 amide bonds. The number of rotatable bonds is 1. The van der Waals surface area contributed by atoms with Crippen molar-refractivity contribution in [2.75, 3.05) is 11.5 Å². The number of carbonyl (C=O) groups excluding carboxylic acids is 1. The van der Waals surface area contributed by atoms with Crippen LogP contribution < -0.4 is 17.2 Å². The first-order valence-electron chi connectivity index (χ1n) is 5.36. The van der Waals surface area contributed by atoms with E-state index >= 15 is 0 Å². The van der Waals surface area contributed by atoms with Crippen LogP contribution in [0.3, 0.4) is 0 Å². The van der Waals surface area contributed by atoms with E-state index < -0.39 is 23.4 Å².